The maximum absolute atomic E-state index is 11.5. The lowest BCUT2D eigenvalue weighted by Crippen LogP contribution is -2.33. The Balaban J connectivity index is 3.19. The molecule has 90 valence electrons. The van der Waals surface area contributed by atoms with Gasteiger partial charge in [-0.25, -0.2) is 4.79 Å². The van der Waals surface area contributed by atoms with Gasteiger partial charge in [-0.15, -0.1) is 0 Å². The fraction of sp³-hybridized carbons (Fsp3) is 0.636. The van der Waals surface area contributed by atoms with Crippen LogP contribution in [-0.4, -0.2) is 14.7 Å². The third-order valence-electron chi connectivity index (χ3n) is 2.99. The first-order valence-electron chi connectivity index (χ1n) is 5.53. The van der Waals surface area contributed by atoms with Gasteiger partial charge in [0.1, 0.15) is 0 Å². The molecule has 0 amide bonds. The molecule has 1 heterocycles. The summed E-state index contributed by atoms with van der Waals surface area (Å²) < 4.78 is 1.23. The first kappa shape index (κ1) is 12.5. The van der Waals surface area contributed by atoms with Crippen LogP contribution in [0.4, 0.5) is 0 Å². The van der Waals surface area contributed by atoms with E-state index in [0.717, 1.165) is 12.8 Å². The van der Waals surface area contributed by atoms with Crippen LogP contribution in [0.25, 0.3) is 0 Å². The van der Waals surface area contributed by atoms with Crippen molar-refractivity contribution in [1.29, 1.82) is 0 Å². The number of aromatic hydroxyl groups is 1. The molecule has 0 atom stereocenters. The predicted octanol–water partition coefficient (Wildman–Crippen LogP) is 0.987. The molecule has 2 N–H and O–H groups in total. The standard InChI is InChI=1S/C11H18N2O3/c1-4-8(5-2)6-13-10(15)7(3)9(14)12-11(13)16/h8,15H,4-6H2,1-3H3,(H,12,14,16). The van der Waals surface area contributed by atoms with Gasteiger partial charge in [0, 0.05) is 6.54 Å². The molecule has 0 saturated carbocycles. The van der Waals surface area contributed by atoms with Gasteiger partial charge in [0.15, 0.2) is 0 Å². The van der Waals surface area contributed by atoms with Crippen LogP contribution in [0.5, 0.6) is 5.88 Å². The molecule has 1 aromatic heterocycles. The summed E-state index contributed by atoms with van der Waals surface area (Å²) in [6.45, 7) is 6.01. The highest BCUT2D eigenvalue weighted by Gasteiger charge is 2.13. The van der Waals surface area contributed by atoms with Crippen LogP contribution in [0.3, 0.4) is 0 Å². The van der Waals surface area contributed by atoms with E-state index in [1.807, 2.05) is 13.8 Å². The second kappa shape index (κ2) is 5.01. The molecule has 16 heavy (non-hydrogen) atoms. The quantitative estimate of drug-likeness (QED) is 0.803. The maximum atomic E-state index is 11.5. The van der Waals surface area contributed by atoms with Crippen molar-refractivity contribution in [1.82, 2.24) is 9.55 Å². The Morgan fingerprint density at radius 2 is 1.88 bits per heavy atom. The Morgan fingerprint density at radius 1 is 1.31 bits per heavy atom. The zero-order valence-electron chi connectivity index (χ0n) is 9.91. The van der Waals surface area contributed by atoms with Crippen LogP contribution < -0.4 is 11.2 Å². The van der Waals surface area contributed by atoms with E-state index in [-0.39, 0.29) is 11.4 Å². The Hall–Kier alpha value is -1.52. The van der Waals surface area contributed by atoms with Crippen LogP contribution in [0, 0.1) is 12.8 Å². The summed E-state index contributed by atoms with van der Waals surface area (Å²) in [5, 5.41) is 9.74. The van der Waals surface area contributed by atoms with E-state index in [1.165, 1.54) is 11.5 Å². The van der Waals surface area contributed by atoms with Crippen molar-refractivity contribution in [2.75, 3.05) is 0 Å². The minimum atomic E-state index is -0.542. The molecule has 0 spiro atoms. The van der Waals surface area contributed by atoms with Gasteiger partial charge in [0.25, 0.3) is 5.56 Å². The van der Waals surface area contributed by atoms with Crippen molar-refractivity contribution in [3.63, 3.8) is 0 Å². The van der Waals surface area contributed by atoms with Crippen LogP contribution >= 0.6 is 0 Å². The first-order chi connectivity index (χ1) is 7.51. The lowest BCUT2D eigenvalue weighted by atomic mass is 10.0. The van der Waals surface area contributed by atoms with E-state index in [4.69, 9.17) is 0 Å². The van der Waals surface area contributed by atoms with E-state index < -0.39 is 11.2 Å². The molecule has 5 heteroatoms. The Kier molecular flexibility index (Phi) is 3.93. The lowest BCUT2D eigenvalue weighted by molar-refractivity contribution is 0.344. The van der Waals surface area contributed by atoms with Gasteiger partial charge < -0.3 is 5.11 Å². The molecule has 0 fully saturated rings. The zero-order chi connectivity index (χ0) is 12.3. The molecule has 0 aromatic carbocycles. The fourth-order valence-electron chi connectivity index (χ4n) is 1.63. The second-order valence-electron chi connectivity index (χ2n) is 4.00. The molecule has 0 aliphatic carbocycles. The summed E-state index contributed by atoms with van der Waals surface area (Å²) in [6.07, 6.45) is 1.86. The average Bonchev–Trinajstić information content (AvgIpc) is 2.27. The van der Waals surface area contributed by atoms with Crippen molar-refractivity contribution >= 4 is 0 Å². The molecular weight excluding hydrogens is 208 g/mol. The monoisotopic (exact) mass is 226 g/mol. The number of aromatic amines is 1. The molecule has 0 radical (unpaired) electrons. The second-order valence-corrected chi connectivity index (χ2v) is 4.00. The van der Waals surface area contributed by atoms with Crippen LogP contribution in [0.1, 0.15) is 32.3 Å². The topological polar surface area (TPSA) is 75.1 Å². The van der Waals surface area contributed by atoms with Crippen LogP contribution in [-0.2, 0) is 6.54 Å². The summed E-state index contributed by atoms with van der Waals surface area (Å²) in [7, 11) is 0. The highest BCUT2D eigenvalue weighted by atomic mass is 16.3. The van der Waals surface area contributed by atoms with Crippen LogP contribution in [0.2, 0.25) is 0 Å². The molecule has 0 bridgehead atoms. The summed E-state index contributed by atoms with van der Waals surface area (Å²) in [6, 6.07) is 0. The maximum Gasteiger partial charge on any atom is 0.331 e. The number of H-pyrrole nitrogens is 1. The molecule has 0 aliphatic heterocycles. The average molecular weight is 226 g/mol. The fourth-order valence-corrected chi connectivity index (χ4v) is 1.63. The minimum Gasteiger partial charge on any atom is -0.494 e. The first-order valence-corrected chi connectivity index (χ1v) is 5.53. The molecule has 5 nitrogen and oxygen atoms in total. The summed E-state index contributed by atoms with van der Waals surface area (Å²) in [5.74, 6) is 0.106. The minimum absolute atomic E-state index is 0.186. The van der Waals surface area contributed by atoms with Crippen molar-refractivity contribution in [3.8, 4) is 5.88 Å². The van der Waals surface area contributed by atoms with E-state index in [2.05, 4.69) is 4.98 Å². The van der Waals surface area contributed by atoms with E-state index in [0.29, 0.717) is 12.5 Å². The highest BCUT2D eigenvalue weighted by molar-refractivity contribution is 5.20. The van der Waals surface area contributed by atoms with E-state index in [1.54, 1.807) is 0 Å². The molecule has 0 aliphatic rings. The van der Waals surface area contributed by atoms with Gasteiger partial charge in [0.2, 0.25) is 5.88 Å². The lowest BCUT2D eigenvalue weighted by Gasteiger charge is -2.15. The van der Waals surface area contributed by atoms with Gasteiger partial charge in [-0.2, -0.15) is 0 Å². The highest BCUT2D eigenvalue weighted by Crippen LogP contribution is 2.14. The SMILES string of the molecule is CCC(CC)Cn1c(O)c(C)c(=O)[nH]c1=O. The number of rotatable bonds is 4. The normalized spacial score (nSPS) is 11.0. The van der Waals surface area contributed by atoms with E-state index >= 15 is 0 Å². The molecular formula is C11H18N2O3. The third-order valence-corrected chi connectivity index (χ3v) is 2.99. The smallest absolute Gasteiger partial charge is 0.331 e. The van der Waals surface area contributed by atoms with Gasteiger partial charge in [-0.05, 0) is 12.8 Å². The number of nitrogens with one attached hydrogen (secondary N) is 1. The number of hydrogen-bond donors (Lipinski definition) is 2. The Labute approximate surface area is 93.8 Å². The Bertz CT molecular complexity index is 469. The van der Waals surface area contributed by atoms with Crippen molar-refractivity contribution in [2.24, 2.45) is 5.92 Å². The molecule has 0 unspecified atom stereocenters. The third kappa shape index (κ3) is 2.35. The zero-order valence-corrected chi connectivity index (χ0v) is 9.91. The van der Waals surface area contributed by atoms with Crippen molar-refractivity contribution in [2.45, 2.75) is 40.2 Å². The largest absolute Gasteiger partial charge is 0.494 e. The van der Waals surface area contributed by atoms with Gasteiger partial charge in [0.05, 0.1) is 5.56 Å². The van der Waals surface area contributed by atoms with Gasteiger partial charge >= 0.3 is 5.69 Å². The number of aromatic nitrogens is 2. The Morgan fingerprint density at radius 3 is 2.38 bits per heavy atom. The van der Waals surface area contributed by atoms with Crippen molar-refractivity contribution in [3.05, 3.63) is 26.4 Å². The van der Waals surface area contributed by atoms with Crippen molar-refractivity contribution < 1.29 is 5.11 Å². The number of nitrogens with zero attached hydrogens (tertiary/aromatic N) is 1. The molecule has 1 aromatic rings. The molecule has 0 saturated heterocycles. The predicted molar refractivity (Wildman–Crippen MR) is 61.8 cm³/mol. The summed E-state index contributed by atoms with van der Waals surface area (Å²) >= 11 is 0. The van der Waals surface area contributed by atoms with Gasteiger partial charge in [-0.3, -0.25) is 14.3 Å². The van der Waals surface area contributed by atoms with E-state index in [9.17, 15) is 14.7 Å². The summed E-state index contributed by atoms with van der Waals surface area (Å²) in [5.41, 5.74) is -0.881. The van der Waals surface area contributed by atoms with Crippen LogP contribution in [0.15, 0.2) is 9.59 Å². The number of hydrogen-bond acceptors (Lipinski definition) is 3. The molecule has 1 rings (SSSR count). The van der Waals surface area contributed by atoms with Gasteiger partial charge in [-0.1, -0.05) is 26.7 Å². The summed E-state index contributed by atoms with van der Waals surface area (Å²) in [4.78, 5) is 24.9.